The van der Waals surface area contributed by atoms with Gasteiger partial charge in [-0.05, 0) is 37.3 Å². The lowest BCUT2D eigenvalue weighted by molar-refractivity contribution is -0.113. The van der Waals surface area contributed by atoms with Crippen LogP contribution in [0.25, 0.3) is 11.1 Å². The van der Waals surface area contributed by atoms with Crippen molar-refractivity contribution in [3.8, 4) is 0 Å². The minimum absolute atomic E-state index is 0.0973. The van der Waals surface area contributed by atoms with Gasteiger partial charge in [0, 0.05) is 34.1 Å². The number of halogens is 2. The fraction of sp³-hybridized carbons (Fsp3) is 0.0800. The first kappa shape index (κ1) is 24.7. The van der Waals surface area contributed by atoms with E-state index >= 15 is 0 Å². The van der Waals surface area contributed by atoms with E-state index in [0.29, 0.717) is 32.9 Å². The van der Waals surface area contributed by atoms with Crippen LogP contribution in [0.15, 0.2) is 86.6 Å². The van der Waals surface area contributed by atoms with Crippen LogP contribution < -0.4 is 27.5 Å². The molecule has 1 amide bonds. The predicted molar refractivity (Wildman–Crippen MR) is 143 cm³/mol. The molecule has 1 atom stereocenters. The number of carbonyl (C=O) groups excluding carboxylic acids is 1. The van der Waals surface area contributed by atoms with Gasteiger partial charge in [-0.1, -0.05) is 29.8 Å². The minimum Gasteiger partial charge on any atom is -0.423 e. The summed E-state index contributed by atoms with van der Waals surface area (Å²) in [5.74, 6) is 4.97. The zero-order valence-corrected chi connectivity index (χ0v) is 20.6. The number of rotatable bonds is 5. The Bertz CT molecular complexity index is 1630. The lowest BCUT2D eigenvalue weighted by Crippen LogP contribution is -2.37. The van der Waals surface area contributed by atoms with Gasteiger partial charge in [-0.25, -0.2) is 14.4 Å². The summed E-state index contributed by atoms with van der Waals surface area (Å²) in [6.07, 6.45) is 1.44. The van der Waals surface area contributed by atoms with Crippen molar-refractivity contribution in [2.75, 3.05) is 10.6 Å². The number of guanidine groups is 1. The first-order valence-corrected chi connectivity index (χ1v) is 11.6. The second-order valence-electron chi connectivity index (χ2n) is 8.22. The van der Waals surface area contributed by atoms with Crippen molar-refractivity contribution in [2.24, 2.45) is 21.7 Å². The molecule has 7 N–H and O–H groups in total. The number of nitrogens with one attached hydrogen (secondary N) is 3. The molecule has 11 nitrogen and oxygen atoms in total. The van der Waals surface area contributed by atoms with Gasteiger partial charge in [-0.3, -0.25) is 10.1 Å². The number of nitrogens with two attached hydrogens (primary N) is 2. The molecule has 0 bridgehead atoms. The molecule has 192 valence electrons. The molecular weight excluding hydrogens is 513 g/mol. The zero-order chi connectivity index (χ0) is 26.8. The number of carbonyl (C=O) groups is 1. The van der Waals surface area contributed by atoms with Crippen LogP contribution >= 0.6 is 11.6 Å². The number of amides is 1. The first-order valence-electron chi connectivity index (χ1n) is 11.3. The Labute approximate surface area is 220 Å². The number of pyridine rings is 1. The van der Waals surface area contributed by atoms with E-state index in [-0.39, 0.29) is 29.2 Å². The van der Waals surface area contributed by atoms with Crippen LogP contribution in [0, 0.1) is 5.82 Å². The van der Waals surface area contributed by atoms with Crippen LogP contribution in [0.5, 0.6) is 0 Å². The van der Waals surface area contributed by atoms with Gasteiger partial charge in [0.25, 0.3) is 5.91 Å². The van der Waals surface area contributed by atoms with Crippen LogP contribution in [0.3, 0.4) is 0 Å². The molecule has 2 aromatic carbocycles. The van der Waals surface area contributed by atoms with Crippen LogP contribution in [0.4, 0.5) is 16.2 Å². The topological polar surface area (TPSA) is 169 Å². The van der Waals surface area contributed by atoms with Gasteiger partial charge in [0.2, 0.25) is 5.96 Å². The summed E-state index contributed by atoms with van der Waals surface area (Å²) < 4.78 is 19.2. The Morgan fingerprint density at radius 2 is 2.03 bits per heavy atom. The highest BCUT2D eigenvalue weighted by molar-refractivity contribution is 6.31. The van der Waals surface area contributed by atoms with Crippen molar-refractivity contribution in [1.29, 1.82) is 0 Å². The molecule has 5 rings (SSSR count). The molecule has 0 aliphatic carbocycles. The second-order valence-corrected chi connectivity index (χ2v) is 8.63. The second kappa shape index (κ2) is 10.2. The molecule has 2 aromatic heterocycles. The fourth-order valence-electron chi connectivity index (χ4n) is 3.89. The third-order valence-electron chi connectivity index (χ3n) is 5.70. The van der Waals surface area contributed by atoms with Crippen molar-refractivity contribution >= 4 is 52.2 Å². The molecule has 0 fully saturated rings. The Kier molecular flexibility index (Phi) is 6.62. The number of hydrogen-bond donors (Lipinski definition) is 5. The number of amidine groups is 1. The van der Waals surface area contributed by atoms with Gasteiger partial charge >= 0.3 is 6.01 Å². The van der Waals surface area contributed by atoms with Crippen LogP contribution in [0.2, 0.25) is 5.02 Å². The van der Waals surface area contributed by atoms with Crippen LogP contribution in [-0.2, 0) is 4.79 Å². The van der Waals surface area contributed by atoms with Gasteiger partial charge in [-0.2, -0.15) is 10.1 Å². The minimum atomic E-state index is -0.784. The predicted octanol–water partition coefficient (Wildman–Crippen LogP) is 3.62. The smallest absolute Gasteiger partial charge is 0.302 e. The quantitative estimate of drug-likeness (QED) is 0.112. The molecular formula is C25H21ClFN9O2. The lowest BCUT2D eigenvalue weighted by atomic mass is 9.95. The van der Waals surface area contributed by atoms with Gasteiger partial charge in [0.1, 0.15) is 23.2 Å². The molecule has 0 saturated carbocycles. The standard InChI is InChI=1S/C25H21ClFN9O2/c1-12-20(23(37)33-19-9-6-13(11-30-19)22(28)36-29)21(15-4-2-3-5-16(15)26)34-24(31-12)35-25-32-17-8-7-14(27)10-18(17)38-25/h2-11,21H,29H2,1H3,(H2,28,36)(H,30,33,37)(H2,31,32,34,35). The van der Waals surface area contributed by atoms with E-state index in [0.717, 1.165) is 0 Å². The number of anilines is 2. The van der Waals surface area contributed by atoms with E-state index in [4.69, 9.17) is 27.6 Å². The normalized spacial score (nSPS) is 15.7. The number of hydrazone groups is 1. The van der Waals surface area contributed by atoms with Crippen molar-refractivity contribution < 1.29 is 13.6 Å². The van der Waals surface area contributed by atoms with Crippen molar-refractivity contribution in [2.45, 2.75) is 13.0 Å². The number of oxazole rings is 1. The molecule has 1 aliphatic rings. The molecule has 13 heteroatoms. The van der Waals surface area contributed by atoms with Gasteiger partial charge in [-0.15, -0.1) is 0 Å². The van der Waals surface area contributed by atoms with Crippen molar-refractivity contribution in [1.82, 2.24) is 15.3 Å². The van der Waals surface area contributed by atoms with Crippen molar-refractivity contribution in [3.05, 3.63) is 94.0 Å². The number of hydrogen-bond acceptors (Lipinski definition) is 9. The third-order valence-corrected chi connectivity index (χ3v) is 6.05. The summed E-state index contributed by atoms with van der Waals surface area (Å²) in [4.78, 5) is 26.6. The Morgan fingerprint density at radius 3 is 2.76 bits per heavy atom. The number of benzene rings is 2. The number of nitrogens with zero attached hydrogens (tertiary/aromatic N) is 4. The number of aliphatic imine (C=N–C) groups is 1. The van der Waals surface area contributed by atoms with Gasteiger partial charge in [0.05, 0.1) is 5.57 Å². The highest BCUT2D eigenvalue weighted by atomic mass is 35.5. The number of fused-ring (bicyclic) bond motifs is 1. The average molecular weight is 534 g/mol. The molecule has 3 heterocycles. The number of aromatic nitrogens is 2. The average Bonchev–Trinajstić information content (AvgIpc) is 3.29. The summed E-state index contributed by atoms with van der Waals surface area (Å²) >= 11 is 6.50. The lowest BCUT2D eigenvalue weighted by Gasteiger charge is -2.26. The monoisotopic (exact) mass is 533 g/mol. The maximum absolute atomic E-state index is 13.6. The van der Waals surface area contributed by atoms with Crippen molar-refractivity contribution in [3.63, 3.8) is 0 Å². The summed E-state index contributed by atoms with van der Waals surface area (Å²) in [5, 5.41) is 12.6. The molecule has 0 radical (unpaired) electrons. The molecule has 1 unspecified atom stereocenters. The Hall–Kier alpha value is -4.97. The fourth-order valence-corrected chi connectivity index (χ4v) is 4.13. The zero-order valence-electron chi connectivity index (χ0n) is 19.9. The van der Waals surface area contributed by atoms with Gasteiger partial charge < -0.3 is 26.6 Å². The summed E-state index contributed by atoms with van der Waals surface area (Å²) in [5.41, 5.74) is 8.38. The van der Waals surface area contributed by atoms with E-state index < -0.39 is 17.8 Å². The maximum atomic E-state index is 13.6. The highest BCUT2D eigenvalue weighted by Crippen LogP contribution is 2.35. The Morgan fingerprint density at radius 1 is 1.21 bits per heavy atom. The summed E-state index contributed by atoms with van der Waals surface area (Å²) in [6.45, 7) is 1.73. The molecule has 4 aromatic rings. The molecule has 1 aliphatic heterocycles. The SMILES string of the molecule is CC1=C(C(=O)Nc2ccc(/C(N)=N/N)cn2)C(c2ccccc2Cl)N=C(Nc2nc3ccc(F)cc3o2)N1. The third kappa shape index (κ3) is 4.97. The van der Waals surface area contributed by atoms with E-state index in [9.17, 15) is 9.18 Å². The summed E-state index contributed by atoms with van der Waals surface area (Å²) in [6, 6.07) is 13.6. The largest absolute Gasteiger partial charge is 0.423 e. The maximum Gasteiger partial charge on any atom is 0.302 e. The van der Waals surface area contributed by atoms with E-state index in [1.54, 1.807) is 43.3 Å². The van der Waals surface area contributed by atoms with Gasteiger partial charge in [0.15, 0.2) is 11.4 Å². The van der Waals surface area contributed by atoms with E-state index in [1.807, 2.05) is 0 Å². The van der Waals surface area contributed by atoms with E-state index in [1.165, 1.54) is 24.4 Å². The highest BCUT2D eigenvalue weighted by Gasteiger charge is 2.31. The molecule has 0 saturated heterocycles. The number of allylic oxidation sites excluding steroid dienone is 1. The van der Waals surface area contributed by atoms with Crippen LogP contribution in [0.1, 0.15) is 24.1 Å². The molecule has 38 heavy (non-hydrogen) atoms. The molecule has 0 spiro atoms. The van der Waals surface area contributed by atoms with E-state index in [2.05, 4.69) is 36.0 Å². The van der Waals surface area contributed by atoms with Crippen LogP contribution in [-0.4, -0.2) is 27.7 Å². The first-order chi connectivity index (χ1) is 18.3. The summed E-state index contributed by atoms with van der Waals surface area (Å²) in [7, 11) is 0. The Balaban J connectivity index is 1.45.